The molecule has 98 valence electrons. The van der Waals surface area contributed by atoms with Gasteiger partial charge >= 0.3 is 0 Å². The fourth-order valence-corrected chi connectivity index (χ4v) is 1.89. The van der Waals surface area contributed by atoms with Crippen LogP contribution in [0.5, 0.6) is 0 Å². The zero-order valence-electron chi connectivity index (χ0n) is 11.6. The molecule has 1 unspecified atom stereocenters. The van der Waals surface area contributed by atoms with Gasteiger partial charge in [0.2, 0.25) is 0 Å². The van der Waals surface area contributed by atoms with Gasteiger partial charge < -0.3 is 10.6 Å². The van der Waals surface area contributed by atoms with Crippen molar-refractivity contribution >= 4 is 5.69 Å². The second-order valence-corrected chi connectivity index (χ2v) is 5.25. The van der Waals surface area contributed by atoms with E-state index in [4.69, 9.17) is 11.0 Å². The first-order chi connectivity index (χ1) is 8.44. The Morgan fingerprint density at radius 1 is 1.39 bits per heavy atom. The monoisotopic (exact) mass is 245 g/mol. The second kappa shape index (κ2) is 6.42. The highest BCUT2D eigenvalue weighted by atomic mass is 15.1. The Bertz CT molecular complexity index is 418. The van der Waals surface area contributed by atoms with Crippen LogP contribution >= 0.6 is 0 Å². The van der Waals surface area contributed by atoms with Gasteiger partial charge in [0.25, 0.3) is 0 Å². The lowest BCUT2D eigenvalue weighted by Gasteiger charge is -2.21. The van der Waals surface area contributed by atoms with Crippen molar-refractivity contribution in [3.63, 3.8) is 0 Å². The van der Waals surface area contributed by atoms with Crippen LogP contribution in [0.25, 0.3) is 0 Å². The third kappa shape index (κ3) is 4.77. The normalized spacial score (nSPS) is 13.7. The van der Waals surface area contributed by atoms with E-state index in [1.165, 1.54) is 11.3 Å². The summed E-state index contributed by atoms with van der Waals surface area (Å²) in [5.41, 5.74) is 7.63. The summed E-state index contributed by atoms with van der Waals surface area (Å²) in [4.78, 5) is 2.24. The number of anilines is 1. The molecule has 0 saturated heterocycles. The van der Waals surface area contributed by atoms with Crippen molar-refractivity contribution in [2.45, 2.75) is 38.6 Å². The first kappa shape index (κ1) is 14.5. The number of unbranched alkanes of at least 4 members (excludes halogenated alkanes) is 1. The summed E-state index contributed by atoms with van der Waals surface area (Å²) < 4.78 is 0. The standard InChI is InChI=1S/C15H23N3/c1-13-7-6-8-14(11-13)18(3)10-5-4-9-15(2,17)12-16/h6-8,11H,4-5,9-10,17H2,1-3H3. The molecule has 0 spiro atoms. The fraction of sp³-hybridized carbons (Fsp3) is 0.533. The molecule has 0 amide bonds. The topological polar surface area (TPSA) is 53.0 Å². The first-order valence-corrected chi connectivity index (χ1v) is 6.42. The minimum Gasteiger partial charge on any atom is -0.375 e. The molecule has 0 fully saturated rings. The van der Waals surface area contributed by atoms with Crippen LogP contribution in [0.1, 0.15) is 31.7 Å². The van der Waals surface area contributed by atoms with Crippen molar-refractivity contribution in [2.24, 2.45) is 5.73 Å². The molecular weight excluding hydrogens is 222 g/mol. The predicted octanol–water partition coefficient (Wildman–Crippen LogP) is 2.84. The second-order valence-electron chi connectivity index (χ2n) is 5.25. The van der Waals surface area contributed by atoms with E-state index in [0.29, 0.717) is 0 Å². The molecule has 1 aromatic carbocycles. The molecular formula is C15H23N3. The maximum atomic E-state index is 8.83. The van der Waals surface area contributed by atoms with Gasteiger partial charge in [-0.25, -0.2) is 0 Å². The number of nitrogens with zero attached hydrogens (tertiary/aromatic N) is 2. The van der Waals surface area contributed by atoms with Crippen molar-refractivity contribution in [3.8, 4) is 6.07 Å². The zero-order valence-corrected chi connectivity index (χ0v) is 11.6. The predicted molar refractivity (Wildman–Crippen MR) is 76.5 cm³/mol. The van der Waals surface area contributed by atoms with Gasteiger partial charge in [-0.3, -0.25) is 0 Å². The van der Waals surface area contributed by atoms with Crippen molar-refractivity contribution in [1.29, 1.82) is 5.26 Å². The Morgan fingerprint density at radius 2 is 2.11 bits per heavy atom. The van der Waals surface area contributed by atoms with Gasteiger partial charge in [-0.1, -0.05) is 12.1 Å². The number of nitriles is 1. The average molecular weight is 245 g/mol. The molecule has 1 rings (SSSR count). The van der Waals surface area contributed by atoms with E-state index >= 15 is 0 Å². The van der Waals surface area contributed by atoms with Gasteiger partial charge in [0.05, 0.1) is 6.07 Å². The third-order valence-electron chi connectivity index (χ3n) is 3.14. The summed E-state index contributed by atoms with van der Waals surface area (Å²) in [6.45, 7) is 4.88. The molecule has 0 radical (unpaired) electrons. The van der Waals surface area contributed by atoms with E-state index in [1.807, 2.05) is 0 Å². The Morgan fingerprint density at radius 3 is 2.72 bits per heavy atom. The largest absolute Gasteiger partial charge is 0.375 e. The molecule has 0 bridgehead atoms. The number of benzene rings is 1. The smallest absolute Gasteiger partial charge is 0.101 e. The van der Waals surface area contributed by atoms with Crippen molar-refractivity contribution in [1.82, 2.24) is 0 Å². The molecule has 0 aromatic heterocycles. The highest BCUT2D eigenvalue weighted by Gasteiger charge is 2.16. The SMILES string of the molecule is Cc1cccc(N(C)CCCCC(C)(N)C#N)c1. The van der Waals surface area contributed by atoms with Crippen LogP contribution in [0.3, 0.4) is 0 Å². The van der Waals surface area contributed by atoms with Gasteiger partial charge in [-0.05, 0) is 50.8 Å². The average Bonchev–Trinajstić information content (AvgIpc) is 2.34. The molecule has 0 aliphatic rings. The summed E-state index contributed by atoms with van der Waals surface area (Å²) in [7, 11) is 2.10. The number of rotatable bonds is 6. The molecule has 0 aliphatic carbocycles. The van der Waals surface area contributed by atoms with Gasteiger partial charge in [0.1, 0.15) is 5.54 Å². The van der Waals surface area contributed by atoms with Crippen LogP contribution in [-0.4, -0.2) is 19.1 Å². The van der Waals surface area contributed by atoms with E-state index in [-0.39, 0.29) is 0 Å². The van der Waals surface area contributed by atoms with Crippen LogP contribution < -0.4 is 10.6 Å². The lowest BCUT2D eigenvalue weighted by molar-refractivity contribution is 0.509. The van der Waals surface area contributed by atoms with Crippen molar-refractivity contribution in [2.75, 3.05) is 18.5 Å². The van der Waals surface area contributed by atoms with Crippen LogP contribution in [0.4, 0.5) is 5.69 Å². The van der Waals surface area contributed by atoms with Crippen LogP contribution in [-0.2, 0) is 0 Å². The quantitative estimate of drug-likeness (QED) is 0.784. The molecule has 18 heavy (non-hydrogen) atoms. The Balaban J connectivity index is 2.34. The highest BCUT2D eigenvalue weighted by molar-refractivity contribution is 5.47. The number of hydrogen-bond donors (Lipinski definition) is 1. The fourth-order valence-electron chi connectivity index (χ4n) is 1.89. The molecule has 0 heterocycles. The summed E-state index contributed by atoms with van der Waals surface area (Å²) in [6.07, 6.45) is 2.79. The van der Waals surface area contributed by atoms with E-state index in [9.17, 15) is 0 Å². The Labute approximate surface area is 110 Å². The number of nitrogens with two attached hydrogens (primary N) is 1. The highest BCUT2D eigenvalue weighted by Crippen LogP contribution is 2.16. The molecule has 0 aliphatic heterocycles. The molecule has 3 nitrogen and oxygen atoms in total. The van der Waals surface area contributed by atoms with Gasteiger partial charge in [-0.2, -0.15) is 5.26 Å². The Hall–Kier alpha value is -1.53. The van der Waals surface area contributed by atoms with E-state index in [0.717, 1.165) is 25.8 Å². The lowest BCUT2D eigenvalue weighted by Crippen LogP contribution is -2.34. The van der Waals surface area contributed by atoms with Crippen LogP contribution in [0.2, 0.25) is 0 Å². The third-order valence-corrected chi connectivity index (χ3v) is 3.14. The molecule has 2 N–H and O–H groups in total. The van der Waals surface area contributed by atoms with E-state index in [2.05, 4.69) is 49.2 Å². The van der Waals surface area contributed by atoms with Gasteiger partial charge in [0, 0.05) is 19.3 Å². The van der Waals surface area contributed by atoms with Crippen molar-refractivity contribution < 1.29 is 0 Å². The summed E-state index contributed by atoms with van der Waals surface area (Å²) in [5.74, 6) is 0. The minimum absolute atomic E-state index is 0.679. The maximum Gasteiger partial charge on any atom is 0.101 e. The van der Waals surface area contributed by atoms with E-state index in [1.54, 1.807) is 6.92 Å². The summed E-state index contributed by atoms with van der Waals surface area (Å²) >= 11 is 0. The zero-order chi connectivity index (χ0) is 13.6. The first-order valence-electron chi connectivity index (χ1n) is 6.42. The minimum atomic E-state index is -0.679. The molecule has 1 atom stereocenters. The molecule has 1 aromatic rings. The van der Waals surface area contributed by atoms with Crippen LogP contribution in [0, 0.1) is 18.3 Å². The maximum absolute atomic E-state index is 8.83. The molecule has 3 heteroatoms. The Kier molecular flexibility index (Phi) is 5.18. The number of hydrogen-bond acceptors (Lipinski definition) is 3. The van der Waals surface area contributed by atoms with Gasteiger partial charge in [-0.15, -0.1) is 0 Å². The van der Waals surface area contributed by atoms with Crippen LogP contribution in [0.15, 0.2) is 24.3 Å². The van der Waals surface area contributed by atoms with E-state index < -0.39 is 5.54 Å². The molecule has 0 saturated carbocycles. The summed E-state index contributed by atoms with van der Waals surface area (Å²) in [5, 5.41) is 8.83. The number of aryl methyl sites for hydroxylation is 1. The van der Waals surface area contributed by atoms with Gasteiger partial charge in [0.15, 0.2) is 0 Å². The lowest BCUT2D eigenvalue weighted by atomic mass is 9.98. The van der Waals surface area contributed by atoms with Crippen molar-refractivity contribution in [3.05, 3.63) is 29.8 Å². The summed E-state index contributed by atoms with van der Waals surface area (Å²) in [6, 6.07) is 10.6.